The molecule has 6 heteroatoms. The molecule has 0 fully saturated rings. The Labute approximate surface area is 133 Å². The number of amides is 1. The van der Waals surface area contributed by atoms with Crippen molar-refractivity contribution in [2.75, 3.05) is 26.3 Å². The first-order valence-corrected chi connectivity index (χ1v) is 7.10. The molecule has 0 radical (unpaired) electrons. The molecule has 0 aromatic heterocycles. The highest BCUT2D eigenvalue weighted by molar-refractivity contribution is 5.92. The van der Waals surface area contributed by atoms with Gasteiger partial charge in [0.25, 0.3) is 0 Å². The van der Waals surface area contributed by atoms with Gasteiger partial charge in [0.15, 0.2) is 23.0 Å². The van der Waals surface area contributed by atoms with Crippen LogP contribution in [0.5, 0.6) is 23.0 Å². The number of fused-ring (bicyclic) bond motifs is 1. The summed E-state index contributed by atoms with van der Waals surface area (Å²) < 4.78 is 21.0. The number of hydrogen-bond donors (Lipinski definition) is 1. The van der Waals surface area contributed by atoms with Gasteiger partial charge in [0.1, 0.15) is 0 Å². The molecule has 0 atom stereocenters. The molecule has 1 N–H and O–H groups in total. The summed E-state index contributed by atoms with van der Waals surface area (Å²) in [5.41, 5.74) is 1.50. The molecule has 1 aliphatic heterocycles. The van der Waals surface area contributed by atoms with Crippen LogP contribution in [0, 0.1) is 0 Å². The van der Waals surface area contributed by atoms with Crippen LogP contribution in [-0.4, -0.2) is 26.9 Å². The predicted octanol–water partition coefficient (Wildman–Crippen LogP) is 2.61. The first kappa shape index (κ1) is 15.0. The van der Waals surface area contributed by atoms with Crippen molar-refractivity contribution < 1.29 is 23.7 Å². The lowest BCUT2D eigenvalue weighted by molar-refractivity contribution is -0.115. The van der Waals surface area contributed by atoms with Crippen LogP contribution in [-0.2, 0) is 11.2 Å². The van der Waals surface area contributed by atoms with Gasteiger partial charge in [-0.15, -0.1) is 0 Å². The molecule has 1 amide bonds. The summed E-state index contributed by atoms with van der Waals surface area (Å²) in [5, 5.41) is 2.84. The average Bonchev–Trinajstić information content (AvgIpc) is 3.02. The molecule has 2 aromatic carbocycles. The topological polar surface area (TPSA) is 66.0 Å². The maximum Gasteiger partial charge on any atom is 0.231 e. The highest BCUT2D eigenvalue weighted by Gasteiger charge is 2.15. The minimum Gasteiger partial charge on any atom is -0.493 e. The van der Waals surface area contributed by atoms with Gasteiger partial charge in [-0.2, -0.15) is 0 Å². The fourth-order valence-corrected chi connectivity index (χ4v) is 2.36. The maximum absolute atomic E-state index is 12.2. The van der Waals surface area contributed by atoms with Crippen LogP contribution >= 0.6 is 0 Å². The van der Waals surface area contributed by atoms with Crippen LogP contribution in [0.2, 0.25) is 0 Å². The van der Waals surface area contributed by atoms with Gasteiger partial charge in [-0.3, -0.25) is 4.79 Å². The molecule has 1 heterocycles. The van der Waals surface area contributed by atoms with E-state index in [1.807, 2.05) is 12.1 Å². The number of nitrogens with one attached hydrogen (secondary N) is 1. The zero-order chi connectivity index (χ0) is 16.2. The van der Waals surface area contributed by atoms with Crippen molar-refractivity contribution in [2.45, 2.75) is 6.42 Å². The van der Waals surface area contributed by atoms with E-state index in [1.165, 1.54) is 0 Å². The van der Waals surface area contributed by atoms with Crippen molar-refractivity contribution in [3.8, 4) is 23.0 Å². The largest absolute Gasteiger partial charge is 0.493 e. The summed E-state index contributed by atoms with van der Waals surface area (Å²) in [6.45, 7) is 0.219. The van der Waals surface area contributed by atoms with E-state index in [1.54, 1.807) is 38.5 Å². The van der Waals surface area contributed by atoms with E-state index in [-0.39, 0.29) is 19.1 Å². The van der Waals surface area contributed by atoms with E-state index in [4.69, 9.17) is 18.9 Å². The Balaban J connectivity index is 1.67. The molecule has 3 rings (SSSR count). The van der Waals surface area contributed by atoms with Gasteiger partial charge >= 0.3 is 0 Å². The Morgan fingerprint density at radius 2 is 1.83 bits per heavy atom. The number of carbonyl (C=O) groups is 1. The Bertz CT molecular complexity index is 729. The Morgan fingerprint density at radius 3 is 2.61 bits per heavy atom. The summed E-state index contributed by atoms with van der Waals surface area (Å²) in [7, 11) is 3.12. The fraction of sp³-hybridized carbons (Fsp3) is 0.235. The third kappa shape index (κ3) is 3.31. The number of hydrogen-bond acceptors (Lipinski definition) is 5. The van der Waals surface area contributed by atoms with E-state index in [9.17, 15) is 4.79 Å². The summed E-state index contributed by atoms with van der Waals surface area (Å²) in [6, 6.07) is 10.7. The normalized spacial score (nSPS) is 11.9. The first-order valence-electron chi connectivity index (χ1n) is 7.10. The predicted molar refractivity (Wildman–Crippen MR) is 84.4 cm³/mol. The van der Waals surface area contributed by atoms with E-state index in [0.29, 0.717) is 28.7 Å². The van der Waals surface area contributed by atoms with Crippen molar-refractivity contribution in [3.05, 3.63) is 42.0 Å². The van der Waals surface area contributed by atoms with Crippen LogP contribution in [0.3, 0.4) is 0 Å². The van der Waals surface area contributed by atoms with Crippen LogP contribution in [0.1, 0.15) is 5.56 Å². The van der Waals surface area contributed by atoms with Gasteiger partial charge < -0.3 is 24.3 Å². The van der Waals surface area contributed by atoms with Gasteiger partial charge in [0.05, 0.1) is 20.6 Å². The minimum atomic E-state index is -0.129. The highest BCUT2D eigenvalue weighted by Crippen LogP contribution is 2.33. The smallest absolute Gasteiger partial charge is 0.231 e. The van der Waals surface area contributed by atoms with Crippen LogP contribution in [0.4, 0.5) is 5.69 Å². The maximum atomic E-state index is 12.2. The number of ether oxygens (including phenoxy) is 4. The Morgan fingerprint density at radius 1 is 1.04 bits per heavy atom. The van der Waals surface area contributed by atoms with Gasteiger partial charge in [-0.25, -0.2) is 0 Å². The quantitative estimate of drug-likeness (QED) is 0.919. The third-order valence-electron chi connectivity index (χ3n) is 3.47. The molecule has 0 saturated heterocycles. The Kier molecular flexibility index (Phi) is 4.23. The zero-order valence-electron chi connectivity index (χ0n) is 12.9. The monoisotopic (exact) mass is 315 g/mol. The average molecular weight is 315 g/mol. The number of carbonyl (C=O) groups excluding carboxylic acids is 1. The molecule has 1 aliphatic rings. The highest BCUT2D eigenvalue weighted by atomic mass is 16.7. The van der Waals surface area contributed by atoms with Crippen LogP contribution in [0.15, 0.2) is 36.4 Å². The molecule has 6 nitrogen and oxygen atoms in total. The molecule has 0 spiro atoms. The van der Waals surface area contributed by atoms with Gasteiger partial charge in [0.2, 0.25) is 12.7 Å². The third-order valence-corrected chi connectivity index (χ3v) is 3.47. The molecule has 0 bridgehead atoms. The van der Waals surface area contributed by atoms with Crippen molar-refractivity contribution in [1.29, 1.82) is 0 Å². The fourth-order valence-electron chi connectivity index (χ4n) is 2.36. The van der Waals surface area contributed by atoms with Crippen molar-refractivity contribution in [3.63, 3.8) is 0 Å². The number of benzene rings is 2. The molecule has 0 unspecified atom stereocenters. The van der Waals surface area contributed by atoms with E-state index in [2.05, 4.69) is 5.32 Å². The molecular weight excluding hydrogens is 298 g/mol. The molecule has 0 aliphatic carbocycles. The second kappa shape index (κ2) is 6.48. The van der Waals surface area contributed by atoms with Gasteiger partial charge in [-0.1, -0.05) is 6.07 Å². The van der Waals surface area contributed by atoms with E-state index >= 15 is 0 Å². The standard InChI is InChI=1S/C17H17NO5/c1-20-13-6-4-12(9-15(13)21-2)18-17(19)8-11-3-5-14-16(7-11)23-10-22-14/h3-7,9H,8,10H2,1-2H3,(H,18,19). The van der Waals surface area contributed by atoms with Crippen molar-refractivity contribution in [2.24, 2.45) is 0 Å². The molecule has 120 valence electrons. The molecule has 2 aromatic rings. The molecule has 23 heavy (non-hydrogen) atoms. The molecular formula is C17H17NO5. The zero-order valence-corrected chi connectivity index (χ0v) is 12.9. The SMILES string of the molecule is COc1ccc(NC(=O)Cc2ccc3c(c2)OCO3)cc1OC. The van der Waals surface area contributed by atoms with Gasteiger partial charge in [-0.05, 0) is 29.8 Å². The van der Waals surface area contributed by atoms with Gasteiger partial charge in [0, 0.05) is 11.8 Å². The van der Waals surface area contributed by atoms with Crippen molar-refractivity contribution in [1.82, 2.24) is 0 Å². The summed E-state index contributed by atoms with van der Waals surface area (Å²) in [4.78, 5) is 12.2. The molecule has 0 saturated carbocycles. The summed E-state index contributed by atoms with van der Waals surface area (Å²) in [6.07, 6.45) is 0.241. The van der Waals surface area contributed by atoms with Crippen LogP contribution < -0.4 is 24.3 Å². The first-order chi connectivity index (χ1) is 11.2. The lowest BCUT2D eigenvalue weighted by Crippen LogP contribution is -2.14. The number of anilines is 1. The Hall–Kier alpha value is -2.89. The summed E-state index contributed by atoms with van der Waals surface area (Å²) >= 11 is 0. The number of methoxy groups -OCH3 is 2. The number of rotatable bonds is 5. The second-order valence-electron chi connectivity index (χ2n) is 4.98. The summed E-state index contributed by atoms with van der Waals surface area (Å²) in [5.74, 6) is 2.42. The van der Waals surface area contributed by atoms with E-state index in [0.717, 1.165) is 5.56 Å². The minimum absolute atomic E-state index is 0.129. The lowest BCUT2D eigenvalue weighted by atomic mass is 10.1. The lowest BCUT2D eigenvalue weighted by Gasteiger charge is -2.10. The van der Waals surface area contributed by atoms with Crippen LogP contribution in [0.25, 0.3) is 0 Å². The van der Waals surface area contributed by atoms with E-state index < -0.39 is 0 Å². The second-order valence-corrected chi connectivity index (χ2v) is 4.98. The van der Waals surface area contributed by atoms with Crippen molar-refractivity contribution >= 4 is 11.6 Å².